The van der Waals surface area contributed by atoms with Gasteiger partial charge >= 0.3 is 0 Å². The summed E-state index contributed by atoms with van der Waals surface area (Å²) in [7, 11) is -3.20. The van der Waals surface area contributed by atoms with Crippen LogP contribution in [0.5, 0.6) is 0 Å². The lowest BCUT2D eigenvalue weighted by atomic mass is 9.98. The molecule has 6 nitrogen and oxygen atoms in total. The zero-order valence-electron chi connectivity index (χ0n) is 12.4. The van der Waals surface area contributed by atoms with Crippen LogP contribution in [-0.4, -0.2) is 63.8 Å². The number of hydrogen-bond acceptors (Lipinski definition) is 5. The Balaban J connectivity index is 1.50. The number of piperidine rings is 1. The first-order valence-electron chi connectivity index (χ1n) is 7.98. The Morgan fingerprint density at radius 3 is 2.24 bits per heavy atom. The highest BCUT2D eigenvalue weighted by atomic mass is 32.2. The third-order valence-corrected chi connectivity index (χ3v) is 6.54. The molecule has 122 valence electrons. The number of nitrogens with zero attached hydrogens (tertiary/aromatic N) is 1. The van der Waals surface area contributed by atoms with Crippen molar-refractivity contribution in [2.24, 2.45) is 5.92 Å². The molecule has 0 aliphatic carbocycles. The SMILES string of the molecule is O=S(=O)(CC1CCCCO1)N1CCC(C2OCCO2)CC1. The van der Waals surface area contributed by atoms with E-state index in [4.69, 9.17) is 14.2 Å². The van der Waals surface area contributed by atoms with Gasteiger partial charge in [0.1, 0.15) is 0 Å². The van der Waals surface area contributed by atoms with Gasteiger partial charge in [-0.15, -0.1) is 0 Å². The number of ether oxygens (including phenoxy) is 3. The minimum absolute atomic E-state index is 0.122. The predicted molar refractivity (Wildman–Crippen MR) is 77.4 cm³/mol. The molecular weight excluding hydrogens is 294 g/mol. The van der Waals surface area contributed by atoms with E-state index < -0.39 is 10.0 Å². The van der Waals surface area contributed by atoms with E-state index in [0.717, 1.165) is 32.1 Å². The van der Waals surface area contributed by atoms with E-state index in [2.05, 4.69) is 0 Å². The van der Waals surface area contributed by atoms with Crippen LogP contribution in [0.4, 0.5) is 0 Å². The molecule has 1 atom stereocenters. The Kier molecular flexibility index (Phi) is 5.16. The molecule has 3 aliphatic rings. The van der Waals surface area contributed by atoms with Crippen LogP contribution in [0.1, 0.15) is 32.1 Å². The molecule has 0 N–H and O–H groups in total. The van der Waals surface area contributed by atoms with Crippen LogP contribution in [0.3, 0.4) is 0 Å². The first kappa shape index (κ1) is 15.7. The van der Waals surface area contributed by atoms with Crippen molar-refractivity contribution < 1.29 is 22.6 Å². The molecule has 1 unspecified atom stereocenters. The molecule has 21 heavy (non-hydrogen) atoms. The summed E-state index contributed by atoms with van der Waals surface area (Å²) in [6.45, 7) is 3.15. The van der Waals surface area contributed by atoms with Gasteiger partial charge in [-0.3, -0.25) is 0 Å². The standard InChI is InChI=1S/C14H25NO5S/c16-21(17,11-13-3-1-2-8-18-13)15-6-4-12(5-7-15)14-19-9-10-20-14/h12-14H,1-11H2. The van der Waals surface area contributed by atoms with Crippen LogP contribution >= 0.6 is 0 Å². The van der Waals surface area contributed by atoms with Gasteiger partial charge in [-0.25, -0.2) is 12.7 Å². The summed E-state index contributed by atoms with van der Waals surface area (Å²) in [5.74, 6) is 0.457. The van der Waals surface area contributed by atoms with Gasteiger partial charge in [0.2, 0.25) is 10.0 Å². The normalized spacial score (nSPS) is 30.8. The minimum atomic E-state index is -3.20. The fourth-order valence-electron chi connectivity index (χ4n) is 3.35. The molecule has 0 bridgehead atoms. The van der Waals surface area contributed by atoms with E-state index >= 15 is 0 Å². The summed E-state index contributed by atoms with van der Waals surface area (Å²) < 4.78 is 43.2. The highest BCUT2D eigenvalue weighted by molar-refractivity contribution is 7.89. The van der Waals surface area contributed by atoms with Gasteiger partial charge in [0, 0.05) is 25.6 Å². The molecule has 0 aromatic carbocycles. The van der Waals surface area contributed by atoms with Crippen molar-refractivity contribution in [1.29, 1.82) is 0 Å². The Bertz CT molecular complexity index is 421. The first-order valence-corrected chi connectivity index (χ1v) is 9.59. The molecule has 3 aliphatic heterocycles. The molecule has 0 aromatic heterocycles. The van der Waals surface area contributed by atoms with Gasteiger partial charge in [0.15, 0.2) is 6.29 Å². The van der Waals surface area contributed by atoms with Crippen molar-refractivity contribution in [2.45, 2.75) is 44.5 Å². The van der Waals surface area contributed by atoms with E-state index in [1.54, 1.807) is 4.31 Å². The second-order valence-corrected chi connectivity index (χ2v) is 8.13. The van der Waals surface area contributed by atoms with E-state index in [1.165, 1.54) is 0 Å². The Labute approximate surface area is 126 Å². The lowest BCUT2D eigenvalue weighted by Gasteiger charge is -2.34. The molecule has 0 radical (unpaired) electrons. The highest BCUT2D eigenvalue weighted by Gasteiger charge is 2.35. The van der Waals surface area contributed by atoms with Crippen molar-refractivity contribution in [1.82, 2.24) is 4.31 Å². The third kappa shape index (κ3) is 3.96. The van der Waals surface area contributed by atoms with E-state index in [0.29, 0.717) is 38.8 Å². The molecule has 3 saturated heterocycles. The maximum absolute atomic E-state index is 12.5. The average molecular weight is 319 g/mol. The van der Waals surface area contributed by atoms with Gasteiger partial charge in [0.25, 0.3) is 0 Å². The zero-order chi connectivity index (χ0) is 14.7. The van der Waals surface area contributed by atoms with E-state index in [1.807, 2.05) is 0 Å². The number of hydrogen-bond donors (Lipinski definition) is 0. The van der Waals surface area contributed by atoms with Crippen LogP contribution < -0.4 is 0 Å². The fourth-order valence-corrected chi connectivity index (χ4v) is 5.06. The average Bonchev–Trinajstić information content (AvgIpc) is 3.02. The number of rotatable bonds is 4. The van der Waals surface area contributed by atoms with Crippen LogP contribution in [-0.2, 0) is 24.2 Å². The maximum atomic E-state index is 12.5. The summed E-state index contributed by atoms with van der Waals surface area (Å²) in [4.78, 5) is 0. The van der Waals surface area contributed by atoms with Gasteiger partial charge in [-0.05, 0) is 32.1 Å². The zero-order valence-corrected chi connectivity index (χ0v) is 13.2. The lowest BCUT2D eigenvalue weighted by Crippen LogP contribution is -2.44. The lowest BCUT2D eigenvalue weighted by molar-refractivity contribution is -0.0938. The van der Waals surface area contributed by atoms with Crippen LogP contribution in [0.25, 0.3) is 0 Å². The van der Waals surface area contributed by atoms with Crippen LogP contribution in [0, 0.1) is 5.92 Å². The van der Waals surface area contributed by atoms with Crippen LogP contribution in [0.15, 0.2) is 0 Å². The van der Waals surface area contributed by atoms with Gasteiger partial charge in [-0.2, -0.15) is 0 Å². The van der Waals surface area contributed by atoms with Crippen LogP contribution in [0.2, 0.25) is 0 Å². The molecule has 0 saturated carbocycles. The van der Waals surface area contributed by atoms with Crippen molar-refractivity contribution in [3.05, 3.63) is 0 Å². The summed E-state index contributed by atoms with van der Waals surface area (Å²) >= 11 is 0. The molecule has 7 heteroatoms. The second-order valence-electron chi connectivity index (χ2n) is 6.11. The molecule has 3 heterocycles. The molecule has 0 spiro atoms. The van der Waals surface area contributed by atoms with Crippen molar-refractivity contribution in [3.63, 3.8) is 0 Å². The van der Waals surface area contributed by atoms with Gasteiger partial charge in [0.05, 0.1) is 25.1 Å². The quantitative estimate of drug-likeness (QED) is 0.772. The van der Waals surface area contributed by atoms with E-state index in [9.17, 15) is 8.42 Å². The van der Waals surface area contributed by atoms with Crippen molar-refractivity contribution in [2.75, 3.05) is 38.7 Å². The highest BCUT2D eigenvalue weighted by Crippen LogP contribution is 2.27. The van der Waals surface area contributed by atoms with E-state index in [-0.39, 0.29) is 18.1 Å². The van der Waals surface area contributed by atoms with Crippen molar-refractivity contribution >= 4 is 10.0 Å². The number of sulfonamides is 1. The summed E-state index contributed by atoms with van der Waals surface area (Å²) in [5, 5.41) is 0. The molecular formula is C14H25NO5S. The second kappa shape index (κ2) is 6.91. The monoisotopic (exact) mass is 319 g/mol. The molecule has 3 fully saturated rings. The third-order valence-electron chi connectivity index (χ3n) is 4.59. The summed E-state index contributed by atoms with van der Waals surface area (Å²) in [6.07, 6.45) is 4.35. The minimum Gasteiger partial charge on any atom is -0.377 e. The van der Waals surface area contributed by atoms with Gasteiger partial charge in [-0.1, -0.05) is 0 Å². The molecule has 3 rings (SSSR count). The molecule has 0 aromatic rings. The summed E-state index contributed by atoms with van der Waals surface area (Å²) in [5.41, 5.74) is 0. The van der Waals surface area contributed by atoms with Gasteiger partial charge < -0.3 is 14.2 Å². The Hall–Kier alpha value is -0.210. The first-order chi connectivity index (χ1) is 10.1. The largest absolute Gasteiger partial charge is 0.377 e. The Morgan fingerprint density at radius 2 is 1.62 bits per heavy atom. The van der Waals surface area contributed by atoms with Crippen molar-refractivity contribution in [3.8, 4) is 0 Å². The smallest absolute Gasteiger partial charge is 0.216 e. The summed E-state index contributed by atoms with van der Waals surface area (Å²) in [6, 6.07) is 0. The topological polar surface area (TPSA) is 65.1 Å². The fraction of sp³-hybridized carbons (Fsp3) is 1.00. The predicted octanol–water partition coefficient (Wildman–Crippen LogP) is 0.970. The molecule has 0 amide bonds. The Morgan fingerprint density at radius 1 is 0.905 bits per heavy atom. The maximum Gasteiger partial charge on any atom is 0.216 e.